The molecule has 0 amide bonds. The quantitative estimate of drug-likeness (QED) is 0.539. The number of methoxy groups -OCH3 is 1. The fourth-order valence-electron chi connectivity index (χ4n) is 3.84. The molecule has 29 heavy (non-hydrogen) atoms. The number of fused-ring (bicyclic) bond motifs is 1. The Labute approximate surface area is 172 Å². The number of carboxylic acids is 1. The van der Waals surface area contributed by atoms with Gasteiger partial charge in [0.25, 0.3) is 0 Å². The molecule has 2 aromatic rings. The fourth-order valence-corrected chi connectivity index (χ4v) is 3.84. The Morgan fingerprint density at radius 3 is 2.76 bits per heavy atom. The molecule has 6 heteroatoms. The Balaban J connectivity index is 1.34. The predicted molar refractivity (Wildman–Crippen MR) is 114 cm³/mol. The number of hydrogen-bond acceptors (Lipinski definition) is 5. The van der Waals surface area contributed by atoms with E-state index in [-0.39, 0.29) is 0 Å². The molecule has 0 unspecified atom stereocenters. The van der Waals surface area contributed by atoms with Crippen LogP contribution in [0.15, 0.2) is 30.5 Å². The van der Waals surface area contributed by atoms with Gasteiger partial charge in [0.2, 0.25) is 5.88 Å². The Hall–Kier alpha value is -2.63. The maximum Gasteiger partial charge on any atom is 0.311 e. The number of aryl methyl sites for hydroxylation is 2. The van der Waals surface area contributed by atoms with E-state index in [1.807, 2.05) is 0 Å². The number of carbonyl (C=O) groups is 1. The molecule has 1 aliphatic rings. The molecule has 3 heterocycles. The molecule has 156 valence electrons. The fraction of sp³-hybridized carbons (Fsp3) is 0.522. The van der Waals surface area contributed by atoms with Crippen molar-refractivity contribution in [2.24, 2.45) is 0 Å². The van der Waals surface area contributed by atoms with E-state index in [1.165, 1.54) is 12.0 Å². The monoisotopic (exact) mass is 397 g/mol. The van der Waals surface area contributed by atoms with Crippen LogP contribution in [0, 0.1) is 0 Å². The normalized spacial score (nSPS) is 14.0. The molecule has 0 radical (unpaired) electrons. The summed E-state index contributed by atoms with van der Waals surface area (Å²) in [5.74, 6) is 0.285. The Morgan fingerprint density at radius 2 is 2.00 bits per heavy atom. The summed E-state index contributed by atoms with van der Waals surface area (Å²) in [6.07, 6.45) is 10.9. The van der Waals surface area contributed by atoms with Crippen molar-refractivity contribution in [2.75, 3.05) is 19.0 Å². The molecule has 2 N–H and O–H groups in total. The average molecular weight is 398 g/mol. The lowest BCUT2D eigenvalue weighted by atomic mass is 9.94. The first kappa shape index (κ1) is 21.1. The average Bonchev–Trinajstić information content (AvgIpc) is 2.75. The van der Waals surface area contributed by atoms with E-state index in [0.29, 0.717) is 12.3 Å². The van der Waals surface area contributed by atoms with E-state index in [2.05, 4.69) is 22.4 Å². The summed E-state index contributed by atoms with van der Waals surface area (Å²) >= 11 is 0. The molecule has 1 atom stereocenters. The number of hydrogen-bond donors (Lipinski definition) is 2. The van der Waals surface area contributed by atoms with Gasteiger partial charge in [-0.2, -0.15) is 0 Å². The standard InChI is InChI=1S/C23H31N3O3/c1-29-21-14-12-18(16-25-21)20(23(27)28)10-6-4-2-3-5-9-19-13-11-17-8-7-15-24-22(17)26-19/h11-14,16,20H,2-10,15H2,1H3,(H,24,26)(H,27,28)/t20-/m1/s1. The third-order valence-electron chi connectivity index (χ3n) is 5.55. The molecule has 2 aromatic heterocycles. The molecule has 0 aromatic carbocycles. The molecule has 0 saturated carbocycles. The highest BCUT2D eigenvalue weighted by Gasteiger charge is 2.19. The number of aromatic nitrogens is 2. The van der Waals surface area contributed by atoms with Crippen LogP contribution in [0.4, 0.5) is 5.82 Å². The van der Waals surface area contributed by atoms with Crippen molar-refractivity contribution in [3.63, 3.8) is 0 Å². The van der Waals surface area contributed by atoms with Crippen LogP contribution in [-0.4, -0.2) is 34.7 Å². The topological polar surface area (TPSA) is 84.3 Å². The molecule has 0 saturated heterocycles. The van der Waals surface area contributed by atoms with E-state index in [4.69, 9.17) is 9.72 Å². The first-order valence-electron chi connectivity index (χ1n) is 10.6. The lowest BCUT2D eigenvalue weighted by molar-refractivity contribution is -0.139. The third kappa shape index (κ3) is 6.17. The molecule has 0 fully saturated rings. The number of ether oxygens (including phenoxy) is 1. The number of pyridine rings is 2. The molecule has 3 rings (SSSR count). The summed E-state index contributed by atoms with van der Waals surface area (Å²) in [6, 6.07) is 7.89. The second kappa shape index (κ2) is 10.8. The minimum atomic E-state index is -0.788. The van der Waals surface area contributed by atoms with Crippen molar-refractivity contribution >= 4 is 11.8 Å². The number of rotatable bonds is 11. The van der Waals surface area contributed by atoms with Crippen LogP contribution in [0.3, 0.4) is 0 Å². The van der Waals surface area contributed by atoms with Gasteiger partial charge in [-0.1, -0.05) is 37.8 Å². The minimum Gasteiger partial charge on any atom is -0.481 e. The van der Waals surface area contributed by atoms with Gasteiger partial charge in [0, 0.05) is 24.5 Å². The van der Waals surface area contributed by atoms with Gasteiger partial charge in [0.05, 0.1) is 13.0 Å². The van der Waals surface area contributed by atoms with Gasteiger partial charge in [-0.15, -0.1) is 0 Å². The van der Waals surface area contributed by atoms with Crippen LogP contribution < -0.4 is 10.1 Å². The third-order valence-corrected chi connectivity index (χ3v) is 5.55. The van der Waals surface area contributed by atoms with Crippen LogP contribution in [-0.2, 0) is 17.6 Å². The number of carboxylic acid groups (broad SMARTS) is 1. The predicted octanol–water partition coefficient (Wildman–Crippen LogP) is 4.59. The zero-order valence-corrected chi connectivity index (χ0v) is 17.2. The molecule has 0 spiro atoms. The molecule has 0 bridgehead atoms. The van der Waals surface area contributed by atoms with Crippen LogP contribution in [0.25, 0.3) is 0 Å². The zero-order valence-electron chi connectivity index (χ0n) is 17.2. The highest BCUT2D eigenvalue weighted by Crippen LogP contribution is 2.24. The number of nitrogens with zero attached hydrogens (tertiary/aromatic N) is 2. The maximum absolute atomic E-state index is 11.6. The van der Waals surface area contributed by atoms with E-state index in [0.717, 1.165) is 68.6 Å². The second-order valence-corrected chi connectivity index (χ2v) is 7.67. The Kier molecular flexibility index (Phi) is 7.85. The summed E-state index contributed by atoms with van der Waals surface area (Å²) < 4.78 is 5.04. The van der Waals surface area contributed by atoms with Crippen molar-refractivity contribution in [3.8, 4) is 5.88 Å². The Bertz CT molecular complexity index is 792. The van der Waals surface area contributed by atoms with E-state index in [1.54, 1.807) is 25.4 Å². The lowest BCUT2D eigenvalue weighted by Crippen LogP contribution is -2.14. The van der Waals surface area contributed by atoms with Crippen molar-refractivity contribution in [2.45, 2.75) is 63.7 Å². The van der Waals surface area contributed by atoms with Gasteiger partial charge >= 0.3 is 5.97 Å². The molecular weight excluding hydrogens is 366 g/mol. The van der Waals surface area contributed by atoms with Crippen LogP contribution in [0.1, 0.15) is 67.7 Å². The van der Waals surface area contributed by atoms with Crippen LogP contribution >= 0.6 is 0 Å². The summed E-state index contributed by atoms with van der Waals surface area (Å²) in [5.41, 5.74) is 3.24. The number of aliphatic carboxylic acids is 1. The number of anilines is 1. The summed E-state index contributed by atoms with van der Waals surface area (Å²) in [4.78, 5) is 20.5. The molecule has 1 aliphatic heterocycles. The zero-order chi connectivity index (χ0) is 20.5. The highest BCUT2D eigenvalue weighted by molar-refractivity contribution is 5.75. The molecule has 6 nitrogen and oxygen atoms in total. The summed E-state index contributed by atoms with van der Waals surface area (Å²) in [6.45, 7) is 1.02. The highest BCUT2D eigenvalue weighted by atomic mass is 16.5. The van der Waals surface area contributed by atoms with E-state index in [9.17, 15) is 9.90 Å². The first-order chi connectivity index (χ1) is 14.2. The van der Waals surface area contributed by atoms with Crippen LogP contribution in [0.5, 0.6) is 5.88 Å². The van der Waals surface area contributed by atoms with E-state index < -0.39 is 11.9 Å². The SMILES string of the molecule is COc1ccc([C@@H](CCCCCCCc2ccc3c(n2)NCCC3)C(=O)O)cn1. The van der Waals surface area contributed by atoms with Gasteiger partial charge in [-0.3, -0.25) is 4.79 Å². The second-order valence-electron chi connectivity index (χ2n) is 7.67. The smallest absolute Gasteiger partial charge is 0.311 e. The van der Waals surface area contributed by atoms with Gasteiger partial charge in [-0.05, 0) is 49.3 Å². The number of unbranched alkanes of at least 4 members (excludes halogenated alkanes) is 4. The number of nitrogens with one attached hydrogen (secondary N) is 1. The lowest BCUT2D eigenvalue weighted by Gasteiger charge is -2.17. The molecular formula is C23H31N3O3. The first-order valence-corrected chi connectivity index (χ1v) is 10.6. The minimum absolute atomic E-state index is 0.499. The van der Waals surface area contributed by atoms with Crippen LogP contribution in [0.2, 0.25) is 0 Å². The van der Waals surface area contributed by atoms with Crippen molar-refractivity contribution in [1.82, 2.24) is 9.97 Å². The van der Waals surface area contributed by atoms with E-state index >= 15 is 0 Å². The van der Waals surface area contributed by atoms with Crippen molar-refractivity contribution < 1.29 is 14.6 Å². The summed E-state index contributed by atoms with van der Waals surface area (Å²) in [7, 11) is 1.55. The maximum atomic E-state index is 11.6. The summed E-state index contributed by atoms with van der Waals surface area (Å²) in [5, 5.41) is 12.9. The van der Waals surface area contributed by atoms with Gasteiger partial charge in [-0.25, -0.2) is 9.97 Å². The van der Waals surface area contributed by atoms with Gasteiger partial charge in [0.1, 0.15) is 5.82 Å². The Morgan fingerprint density at radius 1 is 1.17 bits per heavy atom. The van der Waals surface area contributed by atoms with Gasteiger partial charge < -0.3 is 15.2 Å². The largest absolute Gasteiger partial charge is 0.481 e. The van der Waals surface area contributed by atoms with Crippen molar-refractivity contribution in [3.05, 3.63) is 47.3 Å². The molecule has 0 aliphatic carbocycles. The van der Waals surface area contributed by atoms with Crippen molar-refractivity contribution in [1.29, 1.82) is 0 Å². The van der Waals surface area contributed by atoms with Gasteiger partial charge in [0.15, 0.2) is 0 Å².